The molecule has 0 saturated carbocycles. The van der Waals surface area contributed by atoms with Gasteiger partial charge in [-0.15, -0.1) is 0 Å². The maximum Gasteiger partial charge on any atom is 0.254 e. The Hall–Kier alpha value is -3.67. The summed E-state index contributed by atoms with van der Waals surface area (Å²) in [6.07, 6.45) is 0. The lowest BCUT2D eigenvalue weighted by molar-refractivity contribution is 0.0697. The zero-order valence-corrected chi connectivity index (χ0v) is 18.0. The number of hydrogen-bond donors (Lipinski definition) is 0. The standard InChI is InChI=1S/C24H21N3O4S/c25-18-20-7-4-5-12-23(20)32(29,30)27-15-13-26(14-16-27)24(28)19-8-6-11-22(17-19)31-21-9-2-1-3-10-21/h1-12,17H,13-16H2. The van der Waals surface area contributed by atoms with Crippen molar-refractivity contribution < 1.29 is 17.9 Å². The van der Waals surface area contributed by atoms with Crippen molar-refractivity contribution in [2.24, 2.45) is 0 Å². The van der Waals surface area contributed by atoms with Crippen LogP contribution in [-0.2, 0) is 10.0 Å². The average Bonchev–Trinajstić information content (AvgIpc) is 2.84. The van der Waals surface area contributed by atoms with Gasteiger partial charge in [0.2, 0.25) is 10.0 Å². The number of ether oxygens (including phenoxy) is 1. The van der Waals surface area contributed by atoms with E-state index in [-0.39, 0.29) is 42.5 Å². The molecule has 0 radical (unpaired) electrons. The predicted molar refractivity (Wildman–Crippen MR) is 119 cm³/mol. The summed E-state index contributed by atoms with van der Waals surface area (Å²) >= 11 is 0. The third-order valence-corrected chi connectivity index (χ3v) is 7.17. The molecule has 0 atom stereocenters. The lowest BCUT2D eigenvalue weighted by atomic mass is 10.1. The number of hydrogen-bond acceptors (Lipinski definition) is 5. The molecule has 1 aliphatic heterocycles. The van der Waals surface area contributed by atoms with Gasteiger partial charge in [0.1, 0.15) is 17.6 Å². The van der Waals surface area contributed by atoms with Gasteiger partial charge in [-0.2, -0.15) is 9.57 Å². The molecule has 0 aliphatic carbocycles. The van der Waals surface area contributed by atoms with Gasteiger partial charge in [-0.1, -0.05) is 36.4 Å². The number of carbonyl (C=O) groups excluding carboxylic acids is 1. The Labute approximate surface area is 187 Å². The SMILES string of the molecule is N#Cc1ccccc1S(=O)(=O)N1CCN(C(=O)c2cccc(Oc3ccccc3)c2)CC1. The van der Waals surface area contributed by atoms with Crippen molar-refractivity contribution in [2.45, 2.75) is 4.90 Å². The first-order chi connectivity index (χ1) is 15.5. The van der Waals surface area contributed by atoms with Crippen LogP contribution >= 0.6 is 0 Å². The largest absolute Gasteiger partial charge is 0.457 e. The number of carbonyl (C=O) groups is 1. The number of sulfonamides is 1. The van der Waals surface area contributed by atoms with Crippen LogP contribution in [-0.4, -0.2) is 49.7 Å². The van der Waals surface area contributed by atoms with Gasteiger partial charge in [-0.05, 0) is 42.5 Å². The summed E-state index contributed by atoms with van der Waals surface area (Å²) in [7, 11) is -3.81. The van der Waals surface area contributed by atoms with Crippen LogP contribution in [0.4, 0.5) is 0 Å². The highest BCUT2D eigenvalue weighted by Gasteiger charge is 2.31. The summed E-state index contributed by atoms with van der Waals surface area (Å²) in [4.78, 5) is 14.6. The van der Waals surface area contributed by atoms with Crippen LogP contribution in [0.2, 0.25) is 0 Å². The molecule has 0 N–H and O–H groups in total. The number of amides is 1. The molecular weight excluding hydrogens is 426 g/mol. The highest BCUT2D eigenvalue weighted by molar-refractivity contribution is 7.89. The molecule has 162 valence electrons. The Morgan fingerprint density at radius 3 is 2.22 bits per heavy atom. The van der Waals surface area contributed by atoms with E-state index in [2.05, 4.69) is 0 Å². The Morgan fingerprint density at radius 2 is 1.50 bits per heavy atom. The number of para-hydroxylation sites is 1. The third kappa shape index (κ3) is 4.49. The zero-order chi connectivity index (χ0) is 22.6. The van der Waals surface area contributed by atoms with E-state index in [1.807, 2.05) is 36.4 Å². The Morgan fingerprint density at radius 1 is 0.844 bits per heavy atom. The monoisotopic (exact) mass is 447 g/mol. The molecule has 4 rings (SSSR count). The summed E-state index contributed by atoms with van der Waals surface area (Å²) in [6.45, 7) is 0.842. The van der Waals surface area contributed by atoms with Crippen LogP contribution in [0.25, 0.3) is 0 Å². The summed E-state index contributed by atoms with van der Waals surface area (Å²) in [5.74, 6) is 1.04. The van der Waals surface area contributed by atoms with Crippen molar-refractivity contribution in [3.05, 3.63) is 90.0 Å². The molecule has 0 bridgehead atoms. The van der Waals surface area contributed by atoms with Crippen LogP contribution in [0.15, 0.2) is 83.8 Å². The van der Waals surface area contributed by atoms with Crippen molar-refractivity contribution in [3.8, 4) is 17.6 Å². The molecule has 0 unspecified atom stereocenters. The van der Waals surface area contributed by atoms with Crippen molar-refractivity contribution in [1.29, 1.82) is 5.26 Å². The maximum absolute atomic E-state index is 13.0. The van der Waals surface area contributed by atoms with Crippen LogP contribution in [0, 0.1) is 11.3 Å². The van der Waals surface area contributed by atoms with Gasteiger partial charge in [0.05, 0.1) is 10.5 Å². The number of piperazine rings is 1. The predicted octanol–water partition coefficient (Wildman–Crippen LogP) is 3.50. The highest BCUT2D eigenvalue weighted by atomic mass is 32.2. The second-order valence-corrected chi connectivity index (χ2v) is 9.15. The van der Waals surface area contributed by atoms with Crippen LogP contribution in [0.1, 0.15) is 15.9 Å². The topological polar surface area (TPSA) is 90.7 Å². The fourth-order valence-electron chi connectivity index (χ4n) is 3.55. The minimum atomic E-state index is -3.81. The van der Waals surface area contributed by atoms with Gasteiger partial charge < -0.3 is 9.64 Å². The molecule has 1 aliphatic rings. The summed E-state index contributed by atoms with van der Waals surface area (Å²) in [5, 5.41) is 9.24. The highest BCUT2D eigenvalue weighted by Crippen LogP contribution is 2.24. The summed E-state index contributed by atoms with van der Waals surface area (Å²) in [6, 6.07) is 24.3. The molecule has 32 heavy (non-hydrogen) atoms. The number of rotatable bonds is 5. The first-order valence-electron chi connectivity index (χ1n) is 10.1. The number of nitriles is 1. The molecular formula is C24H21N3O4S. The van der Waals surface area contributed by atoms with Crippen molar-refractivity contribution >= 4 is 15.9 Å². The van der Waals surface area contributed by atoms with E-state index in [0.717, 1.165) is 0 Å². The average molecular weight is 448 g/mol. The lowest BCUT2D eigenvalue weighted by Gasteiger charge is -2.34. The fraction of sp³-hybridized carbons (Fsp3) is 0.167. The van der Waals surface area contributed by atoms with Gasteiger partial charge in [0.25, 0.3) is 5.91 Å². The molecule has 8 heteroatoms. The van der Waals surface area contributed by atoms with E-state index < -0.39 is 10.0 Å². The molecule has 1 heterocycles. The van der Waals surface area contributed by atoms with E-state index in [1.54, 1.807) is 41.3 Å². The summed E-state index contributed by atoms with van der Waals surface area (Å²) < 4.78 is 33.1. The Balaban J connectivity index is 1.44. The maximum atomic E-state index is 13.0. The third-order valence-electron chi connectivity index (χ3n) is 5.21. The van der Waals surface area contributed by atoms with Crippen LogP contribution in [0.3, 0.4) is 0 Å². The molecule has 1 fully saturated rings. The van der Waals surface area contributed by atoms with Gasteiger partial charge in [-0.3, -0.25) is 4.79 Å². The first kappa shape index (κ1) is 21.6. The normalized spacial score (nSPS) is 14.5. The Bertz CT molecular complexity index is 1260. The van der Waals surface area contributed by atoms with Crippen molar-refractivity contribution in [2.75, 3.05) is 26.2 Å². The quantitative estimate of drug-likeness (QED) is 0.597. The molecule has 1 saturated heterocycles. The number of nitrogens with zero attached hydrogens (tertiary/aromatic N) is 3. The lowest BCUT2D eigenvalue weighted by Crippen LogP contribution is -2.50. The van der Waals surface area contributed by atoms with Crippen molar-refractivity contribution in [3.63, 3.8) is 0 Å². The van der Waals surface area contributed by atoms with E-state index >= 15 is 0 Å². The van der Waals surface area contributed by atoms with E-state index in [0.29, 0.717) is 17.1 Å². The molecule has 7 nitrogen and oxygen atoms in total. The van der Waals surface area contributed by atoms with Gasteiger partial charge in [-0.25, -0.2) is 8.42 Å². The van der Waals surface area contributed by atoms with Crippen molar-refractivity contribution in [1.82, 2.24) is 9.21 Å². The fourth-order valence-corrected chi connectivity index (χ4v) is 5.12. The minimum Gasteiger partial charge on any atom is -0.457 e. The van der Waals surface area contributed by atoms with Crippen LogP contribution < -0.4 is 4.74 Å². The second-order valence-electron chi connectivity index (χ2n) is 7.25. The molecule has 1 amide bonds. The number of benzene rings is 3. The first-order valence-corrected chi connectivity index (χ1v) is 11.5. The molecule has 3 aromatic rings. The smallest absolute Gasteiger partial charge is 0.254 e. The van der Waals surface area contributed by atoms with Crippen LogP contribution in [0.5, 0.6) is 11.5 Å². The van der Waals surface area contributed by atoms with Gasteiger partial charge >= 0.3 is 0 Å². The van der Waals surface area contributed by atoms with E-state index in [9.17, 15) is 18.5 Å². The van der Waals surface area contributed by atoms with E-state index in [4.69, 9.17) is 4.74 Å². The summed E-state index contributed by atoms with van der Waals surface area (Å²) in [5.41, 5.74) is 0.589. The van der Waals surface area contributed by atoms with Gasteiger partial charge in [0, 0.05) is 31.7 Å². The van der Waals surface area contributed by atoms with Gasteiger partial charge in [0.15, 0.2) is 0 Å². The Kier molecular flexibility index (Phi) is 6.21. The second kappa shape index (κ2) is 9.22. The molecule has 0 aromatic heterocycles. The zero-order valence-electron chi connectivity index (χ0n) is 17.2. The minimum absolute atomic E-state index is 0.00645. The van der Waals surface area contributed by atoms with E-state index in [1.165, 1.54) is 16.4 Å². The molecule has 0 spiro atoms. The molecule has 3 aromatic carbocycles.